The molecule has 0 aromatic rings. The van der Waals surface area contributed by atoms with Crippen LogP contribution in [0, 0.1) is 5.41 Å². The fraction of sp³-hybridized carbons (Fsp3) is 0.900. The van der Waals surface area contributed by atoms with Crippen LogP contribution in [0.4, 0.5) is 0 Å². The Hall–Kier alpha value is -0.660. The highest BCUT2D eigenvalue weighted by molar-refractivity contribution is 7.86. The summed E-state index contributed by atoms with van der Waals surface area (Å²) in [4.78, 5) is 11.1. The van der Waals surface area contributed by atoms with E-state index in [1.807, 2.05) is 0 Å². The number of hydrogen-bond donors (Lipinski definition) is 1. The molecule has 0 amide bonds. The van der Waals surface area contributed by atoms with Crippen molar-refractivity contribution in [3.8, 4) is 0 Å². The fourth-order valence-electron chi connectivity index (χ4n) is 1.74. The Bertz CT molecular complexity index is 407. The summed E-state index contributed by atoms with van der Waals surface area (Å²) in [6.45, 7) is 5.46. The van der Waals surface area contributed by atoms with Crippen LogP contribution in [-0.4, -0.2) is 54.3 Å². The molecule has 17 heavy (non-hydrogen) atoms. The lowest BCUT2D eigenvalue weighted by Gasteiger charge is -2.27. The average Bonchev–Trinajstić information content (AvgIpc) is 2.61. The van der Waals surface area contributed by atoms with Gasteiger partial charge in [0.05, 0.1) is 5.41 Å². The van der Waals surface area contributed by atoms with Crippen LogP contribution in [0.2, 0.25) is 0 Å². The van der Waals surface area contributed by atoms with Crippen molar-refractivity contribution < 1.29 is 18.3 Å². The minimum absolute atomic E-state index is 0.0434. The minimum atomic E-state index is -3.54. The second kappa shape index (κ2) is 4.55. The molecule has 1 atom stereocenters. The van der Waals surface area contributed by atoms with Gasteiger partial charge in [0.25, 0.3) is 10.2 Å². The van der Waals surface area contributed by atoms with Gasteiger partial charge in [0.1, 0.15) is 0 Å². The summed E-state index contributed by atoms with van der Waals surface area (Å²) >= 11 is 0. The van der Waals surface area contributed by atoms with E-state index in [-0.39, 0.29) is 19.1 Å². The molecule has 0 radical (unpaired) electrons. The van der Waals surface area contributed by atoms with Gasteiger partial charge in [-0.25, -0.2) is 0 Å². The number of carboxylic acids is 1. The van der Waals surface area contributed by atoms with Gasteiger partial charge in [0.2, 0.25) is 0 Å². The first kappa shape index (κ1) is 14.4. The van der Waals surface area contributed by atoms with E-state index in [1.54, 1.807) is 20.8 Å². The van der Waals surface area contributed by atoms with E-state index in [4.69, 9.17) is 5.11 Å². The average molecular weight is 264 g/mol. The fourth-order valence-corrected chi connectivity index (χ4v) is 3.41. The minimum Gasteiger partial charge on any atom is -0.481 e. The topological polar surface area (TPSA) is 77.9 Å². The van der Waals surface area contributed by atoms with Gasteiger partial charge < -0.3 is 5.11 Å². The predicted octanol–water partition coefficient (Wildman–Crippen LogP) is 0.368. The third-order valence-electron chi connectivity index (χ3n) is 3.37. The van der Waals surface area contributed by atoms with E-state index in [0.29, 0.717) is 6.42 Å². The highest BCUT2D eigenvalue weighted by atomic mass is 32.2. The number of carboxylic acid groups (broad SMARTS) is 1. The largest absolute Gasteiger partial charge is 0.481 e. The Morgan fingerprint density at radius 3 is 2.35 bits per heavy atom. The standard InChI is InChI=1S/C10H20N2O4S/c1-8(2)11(4)17(15,16)12-6-5-10(3,7-12)9(13)14/h8H,5-7H2,1-4H3,(H,13,14). The molecule has 1 rings (SSSR count). The molecule has 0 spiro atoms. The van der Waals surface area contributed by atoms with Crippen LogP contribution >= 0.6 is 0 Å². The zero-order chi connectivity index (χ0) is 13.4. The number of nitrogens with zero attached hydrogens (tertiary/aromatic N) is 2. The van der Waals surface area contributed by atoms with Gasteiger partial charge in [0.15, 0.2) is 0 Å². The highest BCUT2D eigenvalue weighted by Gasteiger charge is 2.45. The van der Waals surface area contributed by atoms with Crippen molar-refractivity contribution in [2.24, 2.45) is 5.41 Å². The maximum Gasteiger partial charge on any atom is 0.310 e. The van der Waals surface area contributed by atoms with E-state index in [9.17, 15) is 13.2 Å². The molecule has 0 saturated carbocycles. The van der Waals surface area contributed by atoms with E-state index < -0.39 is 21.6 Å². The molecule has 100 valence electrons. The van der Waals surface area contributed by atoms with Gasteiger partial charge in [-0.1, -0.05) is 0 Å². The first-order valence-electron chi connectivity index (χ1n) is 5.58. The zero-order valence-corrected chi connectivity index (χ0v) is 11.5. The van der Waals surface area contributed by atoms with Crippen molar-refractivity contribution >= 4 is 16.2 Å². The molecule has 1 heterocycles. The third-order valence-corrected chi connectivity index (χ3v) is 5.49. The Morgan fingerprint density at radius 2 is 2.00 bits per heavy atom. The molecule has 1 saturated heterocycles. The highest BCUT2D eigenvalue weighted by Crippen LogP contribution is 2.32. The molecule has 0 bridgehead atoms. The maximum atomic E-state index is 12.1. The molecule has 0 aliphatic carbocycles. The van der Waals surface area contributed by atoms with Crippen LogP contribution in [0.25, 0.3) is 0 Å². The van der Waals surface area contributed by atoms with Crippen LogP contribution in [0.15, 0.2) is 0 Å². The lowest BCUT2D eigenvalue weighted by Crippen LogP contribution is -2.45. The summed E-state index contributed by atoms with van der Waals surface area (Å²) in [6.07, 6.45) is 0.355. The molecule has 0 aromatic carbocycles. The summed E-state index contributed by atoms with van der Waals surface area (Å²) in [5, 5.41) is 9.07. The lowest BCUT2D eigenvalue weighted by molar-refractivity contribution is -0.146. The van der Waals surface area contributed by atoms with Gasteiger partial charge in [-0.3, -0.25) is 4.79 Å². The Labute approximate surface area is 102 Å². The lowest BCUT2D eigenvalue weighted by atomic mass is 9.90. The van der Waals surface area contributed by atoms with Crippen molar-refractivity contribution in [2.75, 3.05) is 20.1 Å². The van der Waals surface area contributed by atoms with Gasteiger partial charge in [-0.05, 0) is 27.2 Å². The van der Waals surface area contributed by atoms with E-state index >= 15 is 0 Å². The molecule has 1 aliphatic heterocycles. The predicted molar refractivity (Wildman–Crippen MR) is 63.8 cm³/mol. The Morgan fingerprint density at radius 1 is 1.47 bits per heavy atom. The molecule has 7 heteroatoms. The first-order chi connectivity index (χ1) is 7.61. The Kier molecular flexibility index (Phi) is 3.85. The maximum absolute atomic E-state index is 12.1. The SMILES string of the molecule is CC(C)N(C)S(=O)(=O)N1CCC(C)(C(=O)O)C1. The molecule has 1 unspecified atom stereocenters. The third kappa shape index (κ3) is 2.61. The zero-order valence-electron chi connectivity index (χ0n) is 10.7. The monoisotopic (exact) mass is 264 g/mol. The molecular weight excluding hydrogens is 244 g/mol. The summed E-state index contributed by atoms with van der Waals surface area (Å²) in [7, 11) is -2.03. The van der Waals surface area contributed by atoms with Crippen molar-refractivity contribution in [1.29, 1.82) is 0 Å². The van der Waals surface area contributed by atoms with Crippen LogP contribution < -0.4 is 0 Å². The molecule has 6 nitrogen and oxygen atoms in total. The quantitative estimate of drug-likeness (QED) is 0.795. The summed E-state index contributed by atoms with van der Waals surface area (Å²) in [5.74, 6) is -0.942. The summed E-state index contributed by atoms with van der Waals surface area (Å²) in [5.41, 5.74) is -0.967. The van der Waals surface area contributed by atoms with Gasteiger partial charge in [-0.15, -0.1) is 0 Å². The number of carbonyl (C=O) groups is 1. The number of rotatable bonds is 4. The first-order valence-corrected chi connectivity index (χ1v) is 6.97. The Balaban J connectivity index is 2.88. The molecule has 0 aromatic heterocycles. The van der Waals surface area contributed by atoms with Crippen molar-refractivity contribution in [2.45, 2.75) is 33.2 Å². The molecule has 1 N–H and O–H groups in total. The van der Waals surface area contributed by atoms with Gasteiger partial charge in [0, 0.05) is 26.2 Å². The normalized spacial score (nSPS) is 26.9. The summed E-state index contributed by atoms with van der Waals surface area (Å²) < 4.78 is 26.8. The van der Waals surface area contributed by atoms with Gasteiger partial charge >= 0.3 is 5.97 Å². The van der Waals surface area contributed by atoms with Crippen molar-refractivity contribution in [3.05, 3.63) is 0 Å². The number of aliphatic carboxylic acids is 1. The van der Waals surface area contributed by atoms with Crippen LogP contribution in [0.5, 0.6) is 0 Å². The van der Waals surface area contributed by atoms with E-state index in [1.165, 1.54) is 15.7 Å². The molecular formula is C10H20N2O4S. The van der Waals surface area contributed by atoms with Gasteiger partial charge in [-0.2, -0.15) is 17.0 Å². The molecule has 1 aliphatic rings. The molecule has 1 fully saturated rings. The van der Waals surface area contributed by atoms with E-state index in [2.05, 4.69) is 0 Å². The smallest absolute Gasteiger partial charge is 0.310 e. The van der Waals surface area contributed by atoms with Crippen LogP contribution in [0.1, 0.15) is 27.2 Å². The van der Waals surface area contributed by atoms with Crippen LogP contribution in [0.3, 0.4) is 0 Å². The van der Waals surface area contributed by atoms with E-state index in [0.717, 1.165) is 0 Å². The van der Waals surface area contributed by atoms with Crippen molar-refractivity contribution in [1.82, 2.24) is 8.61 Å². The second-order valence-electron chi connectivity index (χ2n) is 5.07. The van der Waals surface area contributed by atoms with Crippen molar-refractivity contribution in [3.63, 3.8) is 0 Å². The second-order valence-corrected chi connectivity index (χ2v) is 7.06. The number of hydrogen-bond acceptors (Lipinski definition) is 3. The summed E-state index contributed by atoms with van der Waals surface area (Å²) in [6, 6.07) is -0.142. The van der Waals surface area contributed by atoms with Crippen LogP contribution in [-0.2, 0) is 15.0 Å².